The third-order valence-electron chi connectivity index (χ3n) is 6.58. The number of rotatable bonds is 1. The minimum absolute atomic E-state index is 0.00510. The Morgan fingerprint density at radius 2 is 2.04 bits per heavy atom. The molecule has 0 amide bonds. The molecular formula is C22H32O6. The van der Waals surface area contributed by atoms with E-state index in [1.165, 1.54) is 6.92 Å². The Kier molecular flexibility index (Phi) is 6.01. The van der Waals surface area contributed by atoms with Crippen molar-refractivity contribution < 1.29 is 28.9 Å². The van der Waals surface area contributed by atoms with Crippen molar-refractivity contribution in [3.63, 3.8) is 0 Å². The SMILES string of the molecule is C=C1CCC[C@H](C)[C@@H](OC(C)=O)[C@@H]2OC(=O)C(=C)[C@@H]2C[C@H]2O[C@]2(C)CC[C@@H]1O. The fourth-order valence-corrected chi connectivity index (χ4v) is 4.55. The molecule has 2 saturated heterocycles. The number of carbonyl (C=O) groups is 2. The molecule has 3 aliphatic rings. The van der Waals surface area contributed by atoms with Gasteiger partial charge in [0.05, 0.1) is 17.8 Å². The van der Waals surface area contributed by atoms with Gasteiger partial charge in [-0.25, -0.2) is 4.79 Å². The lowest BCUT2D eigenvalue weighted by molar-refractivity contribution is -0.165. The first kappa shape index (κ1) is 21.1. The Balaban J connectivity index is 1.86. The number of fused-ring (bicyclic) bond motifs is 2. The lowest BCUT2D eigenvalue weighted by atomic mass is 9.81. The highest BCUT2D eigenvalue weighted by Gasteiger charge is 2.56. The minimum Gasteiger partial charge on any atom is -0.458 e. The topological polar surface area (TPSA) is 85.4 Å². The van der Waals surface area contributed by atoms with Crippen LogP contribution in [0.4, 0.5) is 0 Å². The van der Waals surface area contributed by atoms with Crippen molar-refractivity contribution in [2.45, 2.75) is 89.3 Å². The maximum Gasteiger partial charge on any atom is 0.334 e. The number of carbonyl (C=O) groups excluding carboxylic acids is 2. The van der Waals surface area contributed by atoms with Gasteiger partial charge in [-0.3, -0.25) is 4.79 Å². The highest BCUT2D eigenvalue weighted by atomic mass is 16.6. The summed E-state index contributed by atoms with van der Waals surface area (Å²) in [5.41, 5.74) is 0.921. The first-order valence-electron chi connectivity index (χ1n) is 10.2. The minimum atomic E-state index is -0.539. The molecule has 1 saturated carbocycles. The van der Waals surface area contributed by atoms with Crippen LogP contribution in [0.2, 0.25) is 0 Å². The summed E-state index contributed by atoms with van der Waals surface area (Å²) < 4.78 is 17.2. The zero-order valence-electron chi connectivity index (χ0n) is 17.1. The van der Waals surface area contributed by atoms with Crippen molar-refractivity contribution in [1.29, 1.82) is 0 Å². The number of aliphatic hydroxyl groups excluding tert-OH is 1. The molecule has 0 unspecified atom stereocenters. The summed E-state index contributed by atoms with van der Waals surface area (Å²) in [6.07, 6.45) is 2.58. The molecule has 1 N–H and O–H groups in total. The first-order chi connectivity index (χ1) is 13.1. The molecule has 0 aromatic carbocycles. The fourth-order valence-electron chi connectivity index (χ4n) is 4.55. The van der Waals surface area contributed by atoms with Crippen molar-refractivity contribution in [2.75, 3.05) is 0 Å². The average Bonchev–Trinajstić information content (AvgIpc) is 3.19. The molecule has 28 heavy (non-hydrogen) atoms. The molecule has 3 rings (SSSR count). The number of hydrogen-bond donors (Lipinski definition) is 1. The Morgan fingerprint density at radius 1 is 1.32 bits per heavy atom. The molecule has 156 valence electrons. The molecule has 0 aromatic rings. The van der Waals surface area contributed by atoms with Gasteiger partial charge in [-0.15, -0.1) is 0 Å². The number of ether oxygens (including phenoxy) is 3. The normalized spacial score (nSPS) is 42.1. The third kappa shape index (κ3) is 4.33. The third-order valence-corrected chi connectivity index (χ3v) is 6.58. The number of epoxide rings is 1. The van der Waals surface area contributed by atoms with Gasteiger partial charge in [0.2, 0.25) is 0 Å². The predicted octanol–water partition coefficient (Wildman–Crippen LogP) is 3.08. The summed E-state index contributed by atoms with van der Waals surface area (Å²) in [5.74, 6) is -1.06. The highest BCUT2D eigenvalue weighted by Crippen LogP contribution is 2.48. The van der Waals surface area contributed by atoms with E-state index in [0.29, 0.717) is 24.8 Å². The van der Waals surface area contributed by atoms with E-state index in [-0.39, 0.29) is 23.5 Å². The summed E-state index contributed by atoms with van der Waals surface area (Å²) >= 11 is 0. The van der Waals surface area contributed by atoms with E-state index in [9.17, 15) is 14.7 Å². The van der Waals surface area contributed by atoms with Crippen LogP contribution in [0.1, 0.15) is 59.3 Å². The highest BCUT2D eigenvalue weighted by molar-refractivity contribution is 5.91. The van der Waals surface area contributed by atoms with Crippen molar-refractivity contribution in [2.24, 2.45) is 11.8 Å². The van der Waals surface area contributed by atoms with Crippen LogP contribution in [0.25, 0.3) is 0 Å². The van der Waals surface area contributed by atoms with Gasteiger partial charge >= 0.3 is 11.9 Å². The second kappa shape index (κ2) is 7.99. The monoisotopic (exact) mass is 392 g/mol. The number of hydrogen-bond acceptors (Lipinski definition) is 6. The summed E-state index contributed by atoms with van der Waals surface area (Å²) in [4.78, 5) is 24.0. The fraction of sp³-hybridized carbons (Fsp3) is 0.727. The molecule has 2 aliphatic heterocycles. The van der Waals surface area contributed by atoms with Gasteiger partial charge in [-0.1, -0.05) is 20.1 Å². The Bertz CT molecular complexity index is 670. The van der Waals surface area contributed by atoms with Crippen LogP contribution in [-0.4, -0.2) is 47.1 Å². The molecule has 1 aliphatic carbocycles. The van der Waals surface area contributed by atoms with Crippen molar-refractivity contribution in [1.82, 2.24) is 0 Å². The first-order valence-corrected chi connectivity index (χ1v) is 10.2. The van der Waals surface area contributed by atoms with Crippen LogP contribution in [0, 0.1) is 11.8 Å². The van der Waals surface area contributed by atoms with Crippen molar-refractivity contribution in [3.8, 4) is 0 Å². The van der Waals surface area contributed by atoms with Crippen molar-refractivity contribution >= 4 is 11.9 Å². The summed E-state index contributed by atoms with van der Waals surface area (Å²) in [6, 6.07) is 0. The average molecular weight is 392 g/mol. The lowest BCUT2D eigenvalue weighted by Crippen LogP contribution is -2.40. The van der Waals surface area contributed by atoms with Gasteiger partial charge < -0.3 is 19.3 Å². The summed E-state index contributed by atoms with van der Waals surface area (Å²) in [5, 5.41) is 10.4. The van der Waals surface area contributed by atoms with E-state index in [0.717, 1.165) is 24.8 Å². The van der Waals surface area contributed by atoms with Gasteiger partial charge in [0, 0.05) is 18.4 Å². The molecule has 0 spiro atoms. The van der Waals surface area contributed by atoms with Crippen LogP contribution in [0.3, 0.4) is 0 Å². The van der Waals surface area contributed by atoms with Crippen LogP contribution < -0.4 is 0 Å². The molecule has 6 heteroatoms. The van der Waals surface area contributed by atoms with Crippen LogP contribution in [0.5, 0.6) is 0 Å². The Labute approximate surface area is 166 Å². The smallest absolute Gasteiger partial charge is 0.334 e. The molecule has 0 aromatic heterocycles. The Morgan fingerprint density at radius 3 is 2.71 bits per heavy atom. The lowest BCUT2D eigenvalue weighted by Gasteiger charge is -2.31. The maximum atomic E-state index is 12.3. The zero-order valence-corrected chi connectivity index (χ0v) is 17.1. The van der Waals surface area contributed by atoms with Gasteiger partial charge in [0.15, 0.2) is 0 Å². The summed E-state index contributed by atoms with van der Waals surface area (Å²) in [6.45, 7) is 13.4. The molecule has 7 atom stereocenters. The quantitative estimate of drug-likeness (QED) is 0.319. The molecule has 0 radical (unpaired) electrons. The van der Waals surface area contributed by atoms with Gasteiger partial charge in [0.25, 0.3) is 0 Å². The molecule has 3 fully saturated rings. The van der Waals surface area contributed by atoms with E-state index in [2.05, 4.69) is 13.2 Å². The molecular weight excluding hydrogens is 360 g/mol. The van der Waals surface area contributed by atoms with Crippen LogP contribution in [0.15, 0.2) is 24.3 Å². The van der Waals surface area contributed by atoms with E-state index in [1.807, 2.05) is 13.8 Å². The Hall–Kier alpha value is -1.66. The zero-order chi connectivity index (χ0) is 20.6. The van der Waals surface area contributed by atoms with Crippen LogP contribution in [-0.2, 0) is 23.8 Å². The predicted molar refractivity (Wildman–Crippen MR) is 103 cm³/mol. The van der Waals surface area contributed by atoms with Gasteiger partial charge in [-0.2, -0.15) is 0 Å². The van der Waals surface area contributed by atoms with E-state index < -0.39 is 30.3 Å². The second-order valence-corrected chi connectivity index (χ2v) is 8.81. The van der Waals surface area contributed by atoms with E-state index >= 15 is 0 Å². The van der Waals surface area contributed by atoms with E-state index in [4.69, 9.17) is 14.2 Å². The maximum absolute atomic E-state index is 12.3. The van der Waals surface area contributed by atoms with Gasteiger partial charge in [-0.05, 0) is 56.9 Å². The molecule has 2 heterocycles. The van der Waals surface area contributed by atoms with Crippen LogP contribution >= 0.6 is 0 Å². The van der Waals surface area contributed by atoms with Crippen molar-refractivity contribution in [3.05, 3.63) is 24.3 Å². The van der Waals surface area contributed by atoms with E-state index in [1.54, 1.807) is 0 Å². The number of esters is 2. The molecule has 0 bridgehead atoms. The van der Waals surface area contributed by atoms with Gasteiger partial charge in [0.1, 0.15) is 12.2 Å². The second-order valence-electron chi connectivity index (χ2n) is 8.81. The largest absolute Gasteiger partial charge is 0.458 e. The number of aliphatic hydroxyl groups is 1. The molecule has 6 nitrogen and oxygen atoms in total. The summed E-state index contributed by atoms with van der Waals surface area (Å²) in [7, 11) is 0. The standard InChI is InChI=1S/C22H32O6/c1-12-7-6-8-13(2)19(26-15(4)23)20-16(14(3)21(25)27-20)11-18-22(5,28-18)10-9-17(12)24/h13,16-20,24H,1,3,6-11H2,2,4-5H3/t13-,16-,17-,18+,19+,20+,22+/m0/s1.